The van der Waals surface area contributed by atoms with Gasteiger partial charge in [0.15, 0.2) is 0 Å². The van der Waals surface area contributed by atoms with Gasteiger partial charge in [0.05, 0.1) is 10.7 Å². The number of piperidine rings is 2. The molecule has 6 rings (SSSR count). The van der Waals surface area contributed by atoms with Crippen LogP contribution in [0.1, 0.15) is 54.6 Å². The van der Waals surface area contributed by atoms with Gasteiger partial charge in [0.1, 0.15) is 5.56 Å². The molecular formula is C29H52Cl2N12O2. The average Bonchev–Trinajstić information content (AvgIpc) is 2.99. The van der Waals surface area contributed by atoms with Crippen molar-refractivity contribution in [2.75, 3.05) is 46.6 Å². The molecule has 0 saturated carbocycles. The quantitative estimate of drug-likeness (QED) is 0.106. The fourth-order valence-corrected chi connectivity index (χ4v) is 5.46. The van der Waals surface area contributed by atoms with E-state index in [1.807, 2.05) is 6.07 Å². The van der Waals surface area contributed by atoms with E-state index >= 15 is 0 Å². The third kappa shape index (κ3) is 8.78. The first-order chi connectivity index (χ1) is 19.5. The van der Waals surface area contributed by atoms with Crippen LogP contribution < -0.4 is 50.5 Å². The topological polar surface area (TPSA) is 259 Å². The zero-order valence-corrected chi connectivity index (χ0v) is 26.9. The van der Waals surface area contributed by atoms with Crippen LogP contribution in [0.25, 0.3) is 10.9 Å². The summed E-state index contributed by atoms with van der Waals surface area (Å²) in [6.45, 7) is 3.73. The molecule has 2 saturated heterocycles. The maximum absolute atomic E-state index is 12.9. The summed E-state index contributed by atoms with van der Waals surface area (Å²) >= 11 is 6.56. The molecule has 2 aliphatic heterocycles. The van der Waals surface area contributed by atoms with E-state index in [-0.39, 0.29) is 53.7 Å². The summed E-state index contributed by atoms with van der Waals surface area (Å²) < 4.78 is 0. The van der Waals surface area contributed by atoms with E-state index in [1.165, 1.54) is 19.0 Å². The van der Waals surface area contributed by atoms with Crippen molar-refractivity contribution < 1.29 is 10.5 Å². The molecule has 2 aromatic heterocycles. The smallest absolute Gasteiger partial charge is 0.261 e. The minimum atomic E-state index is -0.538. The summed E-state index contributed by atoms with van der Waals surface area (Å²) in [5, 5.41) is 6.80. The molecule has 0 aliphatic carbocycles. The molecule has 0 atom stereocenters. The van der Waals surface area contributed by atoms with E-state index in [2.05, 4.69) is 25.4 Å². The number of carbonyl (C=O) groups is 1. The standard InChI is InChI=1S/C29H31ClN8O2.ClH.4H3N.4H2/c30-22-17-19(11-12-24(22)33-26(40)21-18-31-23-10-4-3-9-20(23)25(21)39)32-27-34-28(37-13-5-1-6-14-37)36-29(35-27)38-15-7-2-8-16-38;;;;;;;;;/h3-4,9-12,17-18H,1-2,5-8,13-16H2,(H,31,39)(H,33,40)(H,32,34,35,36);1H;4*1H3;4*1H. The van der Waals surface area contributed by atoms with Crippen molar-refractivity contribution in [2.24, 2.45) is 0 Å². The van der Waals surface area contributed by atoms with Crippen LogP contribution in [0.5, 0.6) is 0 Å². The molecule has 2 aromatic carbocycles. The number of para-hydroxylation sites is 1. The molecule has 254 valence electrons. The zero-order valence-electron chi connectivity index (χ0n) is 25.4. The van der Waals surface area contributed by atoms with Crippen molar-refractivity contribution >= 4 is 70.0 Å². The van der Waals surface area contributed by atoms with Gasteiger partial charge >= 0.3 is 0 Å². The van der Waals surface area contributed by atoms with Crippen LogP contribution >= 0.6 is 24.0 Å². The Bertz CT molecular complexity index is 1590. The van der Waals surface area contributed by atoms with Crippen LogP contribution in [-0.2, 0) is 0 Å². The van der Waals surface area contributed by atoms with E-state index in [0.29, 0.717) is 45.1 Å². The highest BCUT2D eigenvalue weighted by Gasteiger charge is 2.21. The van der Waals surface area contributed by atoms with Crippen molar-refractivity contribution in [1.82, 2.24) is 44.5 Å². The summed E-state index contributed by atoms with van der Waals surface area (Å²) in [4.78, 5) is 47.5. The van der Waals surface area contributed by atoms with Gasteiger partial charge in [-0.3, -0.25) is 9.59 Å². The molecule has 16 heteroatoms. The van der Waals surface area contributed by atoms with Crippen LogP contribution in [0.3, 0.4) is 0 Å². The van der Waals surface area contributed by atoms with Crippen LogP contribution in [-0.4, -0.2) is 52.0 Å². The number of halogens is 2. The highest BCUT2D eigenvalue weighted by Crippen LogP contribution is 2.29. The Balaban J connectivity index is -0.00000112. The lowest BCUT2D eigenvalue weighted by atomic mass is 10.1. The van der Waals surface area contributed by atoms with Crippen molar-refractivity contribution in [3.63, 3.8) is 0 Å². The molecule has 45 heavy (non-hydrogen) atoms. The van der Waals surface area contributed by atoms with Crippen LogP contribution in [0.4, 0.5) is 29.2 Å². The molecule has 14 nitrogen and oxygen atoms in total. The minimum absolute atomic E-state index is 0. The molecular weight excluding hydrogens is 619 g/mol. The van der Waals surface area contributed by atoms with E-state index in [9.17, 15) is 9.59 Å². The number of fused-ring (bicyclic) bond motifs is 1. The number of nitrogens with zero attached hydrogens (tertiary/aromatic N) is 5. The Morgan fingerprint density at radius 2 is 1.40 bits per heavy atom. The average molecular weight is 672 g/mol. The maximum atomic E-state index is 12.9. The SMILES string of the molecule is Cl.N.N.N.N.O=C(Nc1ccc(Nc2nc(N3CCCCC3)nc(N3CCCCC3)n2)cc1Cl)c1c[nH]c2ccccc2c1=O.[HH].[HH].[HH].[HH]. The van der Waals surface area contributed by atoms with E-state index in [1.54, 1.807) is 36.4 Å². The number of nitrogens with one attached hydrogen (secondary N) is 3. The Morgan fingerprint density at radius 1 is 0.822 bits per heavy atom. The van der Waals surface area contributed by atoms with Gasteiger partial charge in [0.2, 0.25) is 23.3 Å². The molecule has 2 fully saturated rings. The van der Waals surface area contributed by atoms with Crippen molar-refractivity contribution in [1.29, 1.82) is 0 Å². The fourth-order valence-electron chi connectivity index (χ4n) is 5.23. The van der Waals surface area contributed by atoms with Gasteiger partial charge in [0.25, 0.3) is 5.91 Å². The van der Waals surface area contributed by atoms with Crippen LogP contribution in [0.15, 0.2) is 53.5 Å². The number of carbonyl (C=O) groups excluding carboxylic acids is 1. The molecule has 1 amide bonds. The highest BCUT2D eigenvalue weighted by atomic mass is 35.5. The van der Waals surface area contributed by atoms with Crippen molar-refractivity contribution in [3.8, 4) is 0 Å². The van der Waals surface area contributed by atoms with Gasteiger partial charge in [-0.2, -0.15) is 15.0 Å². The fraction of sp³-hybridized carbons (Fsp3) is 0.345. The predicted octanol–water partition coefficient (Wildman–Crippen LogP) is 7.40. The molecule has 0 bridgehead atoms. The molecule has 4 aromatic rings. The van der Waals surface area contributed by atoms with E-state index < -0.39 is 5.91 Å². The first kappa shape index (κ1) is 39.0. The Hall–Kier alpha value is -4.05. The van der Waals surface area contributed by atoms with Gasteiger partial charge in [-0.05, 0) is 68.9 Å². The lowest BCUT2D eigenvalue weighted by Crippen LogP contribution is -2.34. The number of anilines is 5. The molecule has 4 heterocycles. The zero-order chi connectivity index (χ0) is 27.5. The second kappa shape index (κ2) is 17.4. The lowest BCUT2D eigenvalue weighted by molar-refractivity contribution is 0.102. The first-order valence-corrected chi connectivity index (χ1v) is 14.2. The lowest BCUT2D eigenvalue weighted by Gasteiger charge is -2.30. The van der Waals surface area contributed by atoms with Crippen LogP contribution in [0.2, 0.25) is 5.02 Å². The summed E-state index contributed by atoms with van der Waals surface area (Å²) in [5.74, 6) is 1.29. The number of amides is 1. The maximum Gasteiger partial charge on any atom is 0.261 e. The molecule has 15 N–H and O–H groups in total. The molecule has 0 unspecified atom stereocenters. The molecule has 0 radical (unpaired) electrons. The van der Waals surface area contributed by atoms with Gasteiger partial charge in [-0.1, -0.05) is 23.7 Å². The van der Waals surface area contributed by atoms with Crippen molar-refractivity contribution in [3.05, 3.63) is 69.5 Å². The second-order valence-corrected chi connectivity index (χ2v) is 10.6. The number of pyridine rings is 1. The Morgan fingerprint density at radius 3 is 1.98 bits per heavy atom. The number of hydrogen-bond acceptors (Lipinski definition) is 12. The van der Waals surface area contributed by atoms with Gasteiger partial charge in [-0.15, -0.1) is 12.4 Å². The van der Waals surface area contributed by atoms with Crippen molar-refractivity contribution in [2.45, 2.75) is 38.5 Å². The minimum Gasteiger partial charge on any atom is -0.360 e. The normalized spacial score (nSPS) is 14.0. The molecule has 0 spiro atoms. The molecule has 2 aliphatic rings. The number of rotatable bonds is 6. The monoisotopic (exact) mass is 670 g/mol. The number of H-pyrrole nitrogens is 1. The number of aromatic nitrogens is 4. The van der Waals surface area contributed by atoms with E-state index in [0.717, 1.165) is 51.9 Å². The number of hydrogen-bond donors (Lipinski definition) is 7. The summed E-state index contributed by atoms with van der Waals surface area (Å²) in [6, 6.07) is 12.2. The van der Waals surface area contributed by atoms with Gasteiger partial charge in [0, 0.05) is 54.7 Å². The van der Waals surface area contributed by atoms with E-state index in [4.69, 9.17) is 26.6 Å². The number of benzene rings is 2. The number of aromatic amines is 1. The third-order valence-electron chi connectivity index (χ3n) is 7.40. The highest BCUT2D eigenvalue weighted by molar-refractivity contribution is 6.34. The Labute approximate surface area is 279 Å². The summed E-state index contributed by atoms with van der Waals surface area (Å²) in [6.07, 6.45) is 8.38. The first-order valence-electron chi connectivity index (χ1n) is 13.8. The largest absolute Gasteiger partial charge is 0.360 e. The van der Waals surface area contributed by atoms with Crippen LogP contribution in [0, 0.1) is 0 Å². The summed E-state index contributed by atoms with van der Waals surface area (Å²) in [5.41, 5.74) is 1.40. The third-order valence-corrected chi connectivity index (χ3v) is 7.71. The predicted molar refractivity (Wildman–Crippen MR) is 195 cm³/mol. The summed E-state index contributed by atoms with van der Waals surface area (Å²) in [7, 11) is 0. The van der Waals surface area contributed by atoms with Gasteiger partial charge in [-0.25, -0.2) is 0 Å². The van der Waals surface area contributed by atoms with Gasteiger partial charge < -0.3 is 50.0 Å². The second-order valence-electron chi connectivity index (χ2n) is 10.2. The Kier molecular flexibility index (Phi) is 15.1.